The summed E-state index contributed by atoms with van der Waals surface area (Å²) in [6.07, 6.45) is 4.09. The molecule has 0 spiro atoms. The molecule has 0 aromatic carbocycles. The molecule has 1 aromatic heterocycles. The van der Waals surface area contributed by atoms with Gasteiger partial charge in [-0.25, -0.2) is 0 Å². The molecule has 0 amide bonds. The van der Waals surface area contributed by atoms with Crippen LogP contribution in [-0.4, -0.2) is 29.0 Å². The van der Waals surface area contributed by atoms with Crippen LogP contribution in [-0.2, 0) is 4.74 Å². The van der Waals surface area contributed by atoms with Gasteiger partial charge in [-0.05, 0) is 25.8 Å². The number of nitrogens with zero attached hydrogens (tertiary/aromatic N) is 2. The maximum atomic E-state index is 5.35. The first-order chi connectivity index (χ1) is 6.92. The van der Waals surface area contributed by atoms with Crippen LogP contribution in [0.15, 0.2) is 6.20 Å². The normalized spacial score (nSPS) is 20.9. The summed E-state index contributed by atoms with van der Waals surface area (Å²) in [5.41, 5.74) is 1.07. The lowest BCUT2D eigenvalue weighted by Gasteiger charge is -2.28. The molecule has 0 aliphatic carbocycles. The monoisotopic (exact) mass is 213 g/mol. The third-order valence-corrected chi connectivity index (χ3v) is 3.24. The predicted molar refractivity (Wildman–Crippen MR) is 55.3 cm³/mol. The second kappa shape index (κ2) is 4.82. The number of hydrogen-bond acceptors (Lipinski definition) is 5. The van der Waals surface area contributed by atoms with Crippen molar-refractivity contribution in [2.24, 2.45) is 5.92 Å². The van der Waals surface area contributed by atoms with Crippen molar-refractivity contribution in [3.8, 4) is 0 Å². The van der Waals surface area contributed by atoms with E-state index in [0.717, 1.165) is 31.7 Å². The van der Waals surface area contributed by atoms with Crippen LogP contribution in [0.3, 0.4) is 0 Å². The topological polar surface area (TPSA) is 47.0 Å². The highest BCUT2D eigenvalue weighted by molar-refractivity contribution is 6.99. The summed E-state index contributed by atoms with van der Waals surface area (Å²) in [4.78, 5) is 0. The first kappa shape index (κ1) is 10.0. The molecule has 5 heteroatoms. The molecule has 1 atom stereocenters. The van der Waals surface area contributed by atoms with Gasteiger partial charge in [-0.3, -0.25) is 0 Å². The number of aromatic nitrogens is 2. The van der Waals surface area contributed by atoms with E-state index in [1.54, 1.807) is 0 Å². The Morgan fingerprint density at radius 1 is 1.57 bits per heavy atom. The van der Waals surface area contributed by atoms with Crippen molar-refractivity contribution in [3.05, 3.63) is 11.9 Å². The van der Waals surface area contributed by atoms with Crippen molar-refractivity contribution in [2.75, 3.05) is 20.3 Å². The van der Waals surface area contributed by atoms with Crippen LogP contribution in [0.1, 0.15) is 24.6 Å². The van der Waals surface area contributed by atoms with Crippen LogP contribution in [0.4, 0.5) is 0 Å². The fourth-order valence-corrected chi connectivity index (χ4v) is 2.44. The molecule has 1 aromatic rings. The Balaban J connectivity index is 2.04. The molecule has 1 fully saturated rings. The molecule has 1 saturated heterocycles. The van der Waals surface area contributed by atoms with Gasteiger partial charge in [0.15, 0.2) is 0 Å². The number of nitrogens with one attached hydrogen (secondary N) is 1. The summed E-state index contributed by atoms with van der Waals surface area (Å²) < 4.78 is 13.7. The SMILES string of the molecule is CNC(c1cnsn1)C1CCOCC1. The van der Waals surface area contributed by atoms with E-state index in [1.165, 1.54) is 11.7 Å². The lowest BCUT2D eigenvalue weighted by molar-refractivity contribution is 0.0542. The van der Waals surface area contributed by atoms with E-state index in [9.17, 15) is 0 Å². The van der Waals surface area contributed by atoms with Gasteiger partial charge < -0.3 is 10.1 Å². The van der Waals surface area contributed by atoms with Gasteiger partial charge in [-0.2, -0.15) is 8.75 Å². The lowest BCUT2D eigenvalue weighted by atomic mass is 9.90. The molecule has 0 bridgehead atoms. The fourth-order valence-electron chi connectivity index (χ4n) is 1.98. The van der Waals surface area contributed by atoms with Gasteiger partial charge in [0.05, 0.1) is 29.7 Å². The van der Waals surface area contributed by atoms with Gasteiger partial charge in [0, 0.05) is 13.2 Å². The Morgan fingerprint density at radius 3 is 2.93 bits per heavy atom. The van der Waals surface area contributed by atoms with Gasteiger partial charge in [0.25, 0.3) is 0 Å². The average molecular weight is 213 g/mol. The Kier molecular flexibility index (Phi) is 3.44. The van der Waals surface area contributed by atoms with E-state index in [0.29, 0.717) is 12.0 Å². The summed E-state index contributed by atoms with van der Waals surface area (Å²) in [5, 5.41) is 3.32. The molecular weight excluding hydrogens is 198 g/mol. The number of rotatable bonds is 3. The minimum absolute atomic E-state index is 0.345. The average Bonchev–Trinajstić information content (AvgIpc) is 2.74. The Labute approximate surface area is 88.0 Å². The molecule has 4 nitrogen and oxygen atoms in total. The molecule has 1 aliphatic rings. The zero-order valence-electron chi connectivity index (χ0n) is 8.27. The van der Waals surface area contributed by atoms with E-state index in [2.05, 4.69) is 14.1 Å². The number of hydrogen-bond donors (Lipinski definition) is 1. The zero-order chi connectivity index (χ0) is 9.80. The summed E-state index contributed by atoms with van der Waals surface area (Å²) in [5.74, 6) is 0.637. The standard InChI is InChI=1S/C9H15N3OS/c1-10-9(8-6-11-14-12-8)7-2-4-13-5-3-7/h6-7,9-10H,2-5H2,1H3. The van der Waals surface area contributed by atoms with Gasteiger partial charge in [-0.15, -0.1) is 0 Å². The highest BCUT2D eigenvalue weighted by Crippen LogP contribution is 2.28. The van der Waals surface area contributed by atoms with Gasteiger partial charge in [0.2, 0.25) is 0 Å². The van der Waals surface area contributed by atoms with Crippen LogP contribution < -0.4 is 5.32 Å². The molecule has 0 radical (unpaired) electrons. The van der Waals surface area contributed by atoms with Crippen molar-refractivity contribution >= 4 is 11.7 Å². The molecule has 2 heterocycles. The summed E-state index contributed by atoms with van der Waals surface area (Å²) in [6.45, 7) is 1.75. The van der Waals surface area contributed by atoms with E-state index in [4.69, 9.17) is 4.74 Å². The van der Waals surface area contributed by atoms with E-state index < -0.39 is 0 Å². The zero-order valence-corrected chi connectivity index (χ0v) is 9.09. The molecule has 1 aliphatic heterocycles. The second-order valence-electron chi connectivity index (χ2n) is 3.55. The summed E-state index contributed by atoms with van der Waals surface area (Å²) in [6, 6.07) is 0.345. The van der Waals surface area contributed by atoms with Crippen LogP contribution >= 0.6 is 11.7 Å². The highest BCUT2D eigenvalue weighted by Gasteiger charge is 2.25. The lowest BCUT2D eigenvalue weighted by Crippen LogP contribution is -2.30. The smallest absolute Gasteiger partial charge is 0.0915 e. The van der Waals surface area contributed by atoms with Crippen LogP contribution in [0.2, 0.25) is 0 Å². The highest BCUT2D eigenvalue weighted by atomic mass is 32.1. The van der Waals surface area contributed by atoms with Gasteiger partial charge in [0.1, 0.15) is 0 Å². The van der Waals surface area contributed by atoms with Crippen LogP contribution in [0, 0.1) is 5.92 Å². The van der Waals surface area contributed by atoms with Crippen molar-refractivity contribution in [2.45, 2.75) is 18.9 Å². The molecular formula is C9H15N3OS. The van der Waals surface area contributed by atoms with Gasteiger partial charge in [-0.1, -0.05) is 0 Å². The van der Waals surface area contributed by atoms with E-state index in [-0.39, 0.29) is 0 Å². The molecule has 0 saturated carbocycles. The maximum absolute atomic E-state index is 5.35. The Bertz CT molecular complexity index is 259. The third kappa shape index (κ3) is 2.10. The summed E-state index contributed by atoms with van der Waals surface area (Å²) in [7, 11) is 1.99. The first-order valence-corrected chi connectivity index (χ1v) is 5.67. The largest absolute Gasteiger partial charge is 0.381 e. The maximum Gasteiger partial charge on any atom is 0.0915 e. The molecule has 2 rings (SSSR count). The van der Waals surface area contributed by atoms with Crippen molar-refractivity contribution in [1.82, 2.24) is 14.1 Å². The van der Waals surface area contributed by atoms with E-state index >= 15 is 0 Å². The predicted octanol–water partition coefficient (Wildman–Crippen LogP) is 1.23. The van der Waals surface area contributed by atoms with Crippen molar-refractivity contribution in [1.29, 1.82) is 0 Å². The molecule has 1 unspecified atom stereocenters. The quantitative estimate of drug-likeness (QED) is 0.820. The first-order valence-electron chi connectivity index (χ1n) is 4.94. The Morgan fingerprint density at radius 2 is 2.36 bits per heavy atom. The van der Waals surface area contributed by atoms with E-state index in [1.807, 2.05) is 13.2 Å². The van der Waals surface area contributed by atoms with Crippen molar-refractivity contribution in [3.63, 3.8) is 0 Å². The minimum atomic E-state index is 0.345. The third-order valence-electron chi connectivity index (χ3n) is 2.75. The molecule has 14 heavy (non-hydrogen) atoms. The Hall–Kier alpha value is -0.520. The minimum Gasteiger partial charge on any atom is -0.381 e. The second-order valence-corrected chi connectivity index (χ2v) is 4.11. The fraction of sp³-hybridized carbons (Fsp3) is 0.778. The molecule has 1 N–H and O–H groups in total. The van der Waals surface area contributed by atoms with Crippen LogP contribution in [0.25, 0.3) is 0 Å². The van der Waals surface area contributed by atoms with Gasteiger partial charge >= 0.3 is 0 Å². The van der Waals surface area contributed by atoms with Crippen LogP contribution in [0.5, 0.6) is 0 Å². The summed E-state index contributed by atoms with van der Waals surface area (Å²) >= 11 is 1.28. The molecule has 78 valence electrons. The van der Waals surface area contributed by atoms with Crippen molar-refractivity contribution < 1.29 is 4.74 Å². The number of ether oxygens (including phenoxy) is 1.